The first-order valence-electron chi connectivity index (χ1n) is 9.01. The average Bonchev–Trinajstić information content (AvgIpc) is 2.70. The van der Waals surface area contributed by atoms with E-state index in [2.05, 4.69) is 10.6 Å². The predicted molar refractivity (Wildman–Crippen MR) is 113 cm³/mol. The largest absolute Gasteiger partial charge is 0.465 e. The highest BCUT2D eigenvalue weighted by Crippen LogP contribution is 2.25. The molecule has 0 saturated carbocycles. The van der Waals surface area contributed by atoms with E-state index in [1.54, 1.807) is 6.92 Å². The SMILES string of the molecule is CCOC(=O)CNC(=O)NCCN(C(=O)c1ccc(Cl)cc1Cl)c1ccc(F)cc1. The lowest BCUT2D eigenvalue weighted by molar-refractivity contribution is -0.141. The van der Waals surface area contributed by atoms with Gasteiger partial charge in [-0.1, -0.05) is 23.2 Å². The number of rotatable bonds is 8. The summed E-state index contributed by atoms with van der Waals surface area (Å²) < 4.78 is 18.0. The normalized spacial score (nSPS) is 10.3. The van der Waals surface area contributed by atoms with Crippen LogP contribution in [-0.2, 0) is 9.53 Å². The summed E-state index contributed by atoms with van der Waals surface area (Å²) in [5, 5.41) is 5.44. The van der Waals surface area contributed by atoms with Crippen LogP contribution in [0, 0.1) is 5.82 Å². The van der Waals surface area contributed by atoms with Gasteiger partial charge in [0.15, 0.2) is 0 Å². The first-order valence-corrected chi connectivity index (χ1v) is 9.77. The molecule has 0 radical (unpaired) electrons. The van der Waals surface area contributed by atoms with Gasteiger partial charge in [-0.05, 0) is 49.4 Å². The molecule has 0 aliphatic rings. The number of urea groups is 1. The highest BCUT2D eigenvalue weighted by atomic mass is 35.5. The van der Waals surface area contributed by atoms with Crippen molar-refractivity contribution in [3.05, 3.63) is 63.9 Å². The molecule has 0 heterocycles. The van der Waals surface area contributed by atoms with Crippen LogP contribution in [0.3, 0.4) is 0 Å². The van der Waals surface area contributed by atoms with E-state index in [1.165, 1.54) is 47.4 Å². The molecule has 30 heavy (non-hydrogen) atoms. The second kappa shape index (κ2) is 11.4. The van der Waals surface area contributed by atoms with Gasteiger partial charge in [-0.2, -0.15) is 0 Å². The van der Waals surface area contributed by atoms with Crippen LogP contribution in [-0.4, -0.2) is 44.1 Å². The summed E-state index contributed by atoms with van der Waals surface area (Å²) in [7, 11) is 0. The highest BCUT2D eigenvalue weighted by molar-refractivity contribution is 6.37. The first kappa shape index (κ1) is 23.4. The summed E-state index contributed by atoms with van der Waals surface area (Å²) in [5.74, 6) is -1.46. The summed E-state index contributed by atoms with van der Waals surface area (Å²) in [6.07, 6.45) is 0. The summed E-state index contributed by atoms with van der Waals surface area (Å²) in [6, 6.07) is 9.19. The Kier molecular flexibility index (Phi) is 8.89. The molecule has 0 aromatic heterocycles. The Morgan fingerprint density at radius 2 is 1.77 bits per heavy atom. The number of carbonyl (C=O) groups is 3. The standard InChI is InChI=1S/C20H20Cl2FN3O4/c1-2-30-18(27)12-25-20(29)24-9-10-26(15-6-4-14(23)5-7-15)19(28)16-8-3-13(21)11-17(16)22/h3-8,11H,2,9-10,12H2,1H3,(H2,24,25,29). The summed E-state index contributed by atoms with van der Waals surface area (Å²) >= 11 is 12.0. The van der Waals surface area contributed by atoms with E-state index in [-0.39, 0.29) is 36.8 Å². The molecule has 2 N–H and O–H groups in total. The van der Waals surface area contributed by atoms with Gasteiger partial charge in [0.05, 0.1) is 17.2 Å². The lowest BCUT2D eigenvalue weighted by atomic mass is 10.1. The monoisotopic (exact) mass is 455 g/mol. The van der Waals surface area contributed by atoms with Crippen molar-refractivity contribution >= 4 is 46.8 Å². The molecule has 0 fully saturated rings. The van der Waals surface area contributed by atoms with Gasteiger partial charge in [-0.25, -0.2) is 9.18 Å². The molecular weight excluding hydrogens is 436 g/mol. The van der Waals surface area contributed by atoms with Gasteiger partial charge in [-0.15, -0.1) is 0 Å². The number of nitrogens with zero attached hydrogens (tertiary/aromatic N) is 1. The molecule has 0 atom stereocenters. The Hall–Kier alpha value is -2.84. The number of carbonyl (C=O) groups excluding carboxylic acids is 3. The molecule has 2 aromatic rings. The van der Waals surface area contributed by atoms with Gasteiger partial charge in [0, 0.05) is 23.8 Å². The smallest absolute Gasteiger partial charge is 0.325 e. The number of benzene rings is 2. The van der Waals surface area contributed by atoms with Gasteiger partial charge in [0.1, 0.15) is 12.4 Å². The van der Waals surface area contributed by atoms with Crippen molar-refractivity contribution in [1.29, 1.82) is 0 Å². The van der Waals surface area contributed by atoms with Crippen LogP contribution in [0.15, 0.2) is 42.5 Å². The molecular formula is C20H20Cl2FN3O4. The van der Waals surface area contributed by atoms with Gasteiger partial charge >= 0.3 is 12.0 Å². The fraction of sp³-hybridized carbons (Fsp3) is 0.250. The van der Waals surface area contributed by atoms with Crippen LogP contribution in [0.5, 0.6) is 0 Å². The summed E-state index contributed by atoms with van der Waals surface area (Å²) in [5.41, 5.74) is 0.623. The molecule has 0 aliphatic heterocycles. The number of halogens is 3. The van der Waals surface area contributed by atoms with Crippen LogP contribution in [0.4, 0.5) is 14.9 Å². The lowest BCUT2D eigenvalue weighted by Crippen LogP contribution is -2.43. The minimum atomic E-state index is -0.598. The number of nitrogens with one attached hydrogen (secondary N) is 2. The third kappa shape index (κ3) is 6.89. The molecule has 0 bridgehead atoms. The van der Waals surface area contributed by atoms with Crippen LogP contribution < -0.4 is 15.5 Å². The Bertz CT molecular complexity index is 909. The topological polar surface area (TPSA) is 87.7 Å². The van der Waals surface area contributed by atoms with Crippen LogP contribution >= 0.6 is 23.2 Å². The van der Waals surface area contributed by atoms with E-state index in [1.807, 2.05) is 0 Å². The quantitative estimate of drug-likeness (QED) is 0.594. The second-order valence-corrected chi connectivity index (χ2v) is 6.82. The van der Waals surface area contributed by atoms with E-state index >= 15 is 0 Å². The Morgan fingerprint density at radius 3 is 2.40 bits per heavy atom. The molecule has 7 nitrogen and oxygen atoms in total. The van der Waals surface area contributed by atoms with E-state index in [0.29, 0.717) is 10.7 Å². The Balaban J connectivity index is 2.07. The molecule has 2 rings (SSSR count). The molecule has 0 saturated heterocycles. The maximum absolute atomic E-state index is 13.3. The number of amides is 3. The molecule has 0 spiro atoms. The average molecular weight is 456 g/mol. The minimum absolute atomic E-state index is 0.0585. The number of hydrogen-bond acceptors (Lipinski definition) is 4. The second-order valence-electron chi connectivity index (χ2n) is 5.97. The lowest BCUT2D eigenvalue weighted by Gasteiger charge is -2.24. The maximum atomic E-state index is 13.3. The molecule has 3 amide bonds. The van der Waals surface area contributed by atoms with Gasteiger partial charge in [0.25, 0.3) is 5.91 Å². The van der Waals surface area contributed by atoms with Crippen LogP contribution in [0.1, 0.15) is 17.3 Å². The van der Waals surface area contributed by atoms with Crippen molar-refractivity contribution in [2.75, 3.05) is 31.1 Å². The van der Waals surface area contributed by atoms with E-state index < -0.39 is 23.7 Å². The van der Waals surface area contributed by atoms with Crippen molar-refractivity contribution < 1.29 is 23.5 Å². The van der Waals surface area contributed by atoms with Crippen LogP contribution in [0.25, 0.3) is 0 Å². The number of ether oxygens (including phenoxy) is 1. The van der Waals surface area contributed by atoms with Crippen molar-refractivity contribution in [2.45, 2.75) is 6.92 Å². The van der Waals surface area contributed by atoms with Crippen molar-refractivity contribution in [3.8, 4) is 0 Å². The van der Waals surface area contributed by atoms with Gasteiger partial charge in [0.2, 0.25) is 0 Å². The summed E-state index contributed by atoms with van der Waals surface area (Å²) in [4.78, 5) is 37.5. The third-order valence-corrected chi connectivity index (χ3v) is 4.41. The van der Waals surface area contributed by atoms with Crippen LogP contribution in [0.2, 0.25) is 10.0 Å². The predicted octanol–water partition coefficient (Wildman–Crippen LogP) is 3.64. The first-order chi connectivity index (χ1) is 14.3. The molecule has 160 valence electrons. The van der Waals surface area contributed by atoms with Gasteiger partial charge in [-0.3, -0.25) is 9.59 Å². The van der Waals surface area contributed by atoms with Crippen molar-refractivity contribution in [2.24, 2.45) is 0 Å². The van der Waals surface area contributed by atoms with E-state index in [0.717, 1.165) is 0 Å². The highest BCUT2D eigenvalue weighted by Gasteiger charge is 2.20. The molecule has 0 unspecified atom stereocenters. The minimum Gasteiger partial charge on any atom is -0.465 e. The van der Waals surface area contributed by atoms with E-state index in [9.17, 15) is 18.8 Å². The van der Waals surface area contributed by atoms with Crippen molar-refractivity contribution in [3.63, 3.8) is 0 Å². The van der Waals surface area contributed by atoms with Crippen molar-refractivity contribution in [1.82, 2.24) is 10.6 Å². The molecule has 2 aromatic carbocycles. The zero-order valence-electron chi connectivity index (χ0n) is 16.1. The zero-order chi connectivity index (χ0) is 22.1. The maximum Gasteiger partial charge on any atom is 0.325 e. The summed E-state index contributed by atoms with van der Waals surface area (Å²) in [6.45, 7) is 1.72. The number of esters is 1. The molecule has 0 aliphatic carbocycles. The number of hydrogen-bond donors (Lipinski definition) is 2. The number of anilines is 1. The fourth-order valence-corrected chi connectivity index (χ4v) is 2.97. The Labute approximate surface area is 183 Å². The zero-order valence-corrected chi connectivity index (χ0v) is 17.6. The molecule has 10 heteroatoms. The van der Waals surface area contributed by atoms with Gasteiger partial charge < -0.3 is 20.3 Å². The Morgan fingerprint density at radius 1 is 1.07 bits per heavy atom. The van der Waals surface area contributed by atoms with E-state index in [4.69, 9.17) is 27.9 Å². The fourth-order valence-electron chi connectivity index (χ4n) is 2.49. The third-order valence-electron chi connectivity index (χ3n) is 3.86.